The maximum Gasteiger partial charge on any atom is 0.337 e. The molecule has 1 aliphatic carbocycles. The molecule has 0 bridgehead atoms. The van der Waals surface area contributed by atoms with E-state index in [0.29, 0.717) is 22.5 Å². The second-order valence-corrected chi connectivity index (χ2v) is 5.11. The van der Waals surface area contributed by atoms with Gasteiger partial charge in [-0.25, -0.2) is 4.79 Å². The molecule has 0 atom stereocenters. The second kappa shape index (κ2) is 4.87. The summed E-state index contributed by atoms with van der Waals surface area (Å²) in [6, 6.07) is 4.78. The van der Waals surface area contributed by atoms with E-state index in [1.807, 2.05) is 0 Å². The number of hydrogen-bond acceptors (Lipinski definition) is 2. The predicted octanol–water partition coefficient (Wildman–Crippen LogP) is 2.89. The number of carbonyl (C=O) groups excluding carboxylic acids is 1. The molecule has 0 heterocycles. The molecule has 1 fully saturated rings. The molecule has 1 saturated carbocycles. The summed E-state index contributed by atoms with van der Waals surface area (Å²) in [5, 5.41) is 11.7. The first-order chi connectivity index (χ1) is 8.06. The van der Waals surface area contributed by atoms with Crippen LogP contribution in [0.2, 0.25) is 0 Å². The van der Waals surface area contributed by atoms with Crippen molar-refractivity contribution in [3.8, 4) is 0 Å². The SMILES string of the molecule is O=C(CC1CC1)Nc1ccc(Br)cc1C(=O)O. The van der Waals surface area contributed by atoms with Gasteiger partial charge >= 0.3 is 5.97 Å². The fourth-order valence-electron chi connectivity index (χ4n) is 1.59. The molecule has 1 aromatic rings. The fourth-order valence-corrected chi connectivity index (χ4v) is 1.95. The first kappa shape index (κ1) is 12.1. The molecule has 0 unspecified atom stereocenters. The Hall–Kier alpha value is -1.36. The van der Waals surface area contributed by atoms with Gasteiger partial charge in [0.25, 0.3) is 0 Å². The maximum absolute atomic E-state index is 11.6. The first-order valence-corrected chi connectivity index (χ1v) is 6.18. The largest absolute Gasteiger partial charge is 0.478 e. The molecule has 0 aliphatic heterocycles. The third-order valence-electron chi connectivity index (χ3n) is 2.66. The lowest BCUT2D eigenvalue weighted by Gasteiger charge is -2.08. The van der Waals surface area contributed by atoms with Crippen LogP contribution in [0.25, 0.3) is 0 Å². The number of hydrogen-bond donors (Lipinski definition) is 2. The quantitative estimate of drug-likeness (QED) is 0.898. The van der Waals surface area contributed by atoms with Crippen molar-refractivity contribution in [1.29, 1.82) is 0 Å². The maximum atomic E-state index is 11.6. The Labute approximate surface area is 107 Å². The standard InChI is InChI=1S/C12H12BrNO3/c13-8-3-4-10(9(6-8)12(16)17)14-11(15)5-7-1-2-7/h3-4,6-7H,1-2,5H2,(H,14,15)(H,16,17). The highest BCUT2D eigenvalue weighted by Gasteiger charge is 2.25. The summed E-state index contributed by atoms with van der Waals surface area (Å²) in [5.41, 5.74) is 0.454. The topological polar surface area (TPSA) is 66.4 Å². The number of aromatic carboxylic acids is 1. The van der Waals surface area contributed by atoms with Crippen molar-refractivity contribution >= 4 is 33.5 Å². The average Bonchev–Trinajstić information content (AvgIpc) is 3.04. The lowest BCUT2D eigenvalue weighted by Crippen LogP contribution is -2.14. The van der Waals surface area contributed by atoms with Crippen LogP contribution in [0.15, 0.2) is 22.7 Å². The van der Waals surface area contributed by atoms with Crippen LogP contribution in [-0.4, -0.2) is 17.0 Å². The van der Waals surface area contributed by atoms with E-state index in [1.165, 1.54) is 6.07 Å². The molecule has 1 aromatic carbocycles. The number of halogens is 1. The minimum atomic E-state index is -1.05. The second-order valence-electron chi connectivity index (χ2n) is 4.19. The highest BCUT2D eigenvalue weighted by atomic mass is 79.9. The number of rotatable bonds is 4. The normalized spacial score (nSPS) is 14.4. The molecule has 4 nitrogen and oxygen atoms in total. The number of carbonyl (C=O) groups is 2. The molecule has 0 radical (unpaired) electrons. The van der Waals surface area contributed by atoms with Crippen molar-refractivity contribution in [3.63, 3.8) is 0 Å². The molecule has 17 heavy (non-hydrogen) atoms. The molecular formula is C12H12BrNO3. The van der Waals surface area contributed by atoms with E-state index in [-0.39, 0.29) is 11.5 Å². The third-order valence-corrected chi connectivity index (χ3v) is 3.15. The van der Waals surface area contributed by atoms with Gasteiger partial charge in [0.1, 0.15) is 0 Å². The van der Waals surface area contributed by atoms with Crippen LogP contribution >= 0.6 is 15.9 Å². The molecule has 1 aliphatic rings. The minimum Gasteiger partial charge on any atom is -0.478 e. The summed E-state index contributed by atoms with van der Waals surface area (Å²) in [7, 11) is 0. The van der Waals surface area contributed by atoms with E-state index in [2.05, 4.69) is 21.2 Å². The lowest BCUT2D eigenvalue weighted by molar-refractivity contribution is -0.116. The Morgan fingerprint density at radius 2 is 2.12 bits per heavy atom. The Morgan fingerprint density at radius 1 is 1.41 bits per heavy atom. The molecule has 90 valence electrons. The number of amides is 1. The molecule has 0 spiro atoms. The van der Waals surface area contributed by atoms with Crippen molar-refractivity contribution in [2.75, 3.05) is 5.32 Å². The van der Waals surface area contributed by atoms with Gasteiger partial charge in [-0.15, -0.1) is 0 Å². The van der Waals surface area contributed by atoms with Gasteiger partial charge in [-0.1, -0.05) is 15.9 Å². The highest BCUT2D eigenvalue weighted by molar-refractivity contribution is 9.10. The van der Waals surface area contributed by atoms with Crippen LogP contribution in [0.5, 0.6) is 0 Å². The van der Waals surface area contributed by atoms with Gasteiger partial charge in [0.15, 0.2) is 0 Å². The van der Waals surface area contributed by atoms with Gasteiger partial charge in [0.2, 0.25) is 5.91 Å². The van der Waals surface area contributed by atoms with Gasteiger partial charge in [-0.05, 0) is 37.0 Å². The first-order valence-electron chi connectivity index (χ1n) is 5.39. The number of carboxylic acids is 1. The summed E-state index contributed by atoms with van der Waals surface area (Å²) < 4.78 is 0.676. The fraction of sp³-hybridized carbons (Fsp3) is 0.333. The molecule has 0 saturated heterocycles. The number of nitrogens with one attached hydrogen (secondary N) is 1. The van der Waals surface area contributed by atoms with Gasteiger partial charge in [0, 0.05) is 10.9 Å². The van der Waals surface area contributed by atoms with E-state index >= 15 is 0 Å². The van der Waals surface area contributed by atoms with E-state index in [4.69, 9.17) is 5.11 Å². The summed E-state index contributed by atoms with van der Waals surface area (Å²) in [4.78, 5) is 22.6. The summed E-state index contributed by atoms with van der Waals surface area (Å²) in [6.07, 6.45) is 2.67. The molecule has 0 aromatic heterocycles. The van der Waals surface area contributed by atoms with E-state index in [1.54, 1.807) is 12.1 Å². The Balaban J connectivity index is 2.13. The number of anilines is 1. The van der Waals surface area contributed by atoms with Gasteiger partial charge < -0.3 is 10.4 Å². The predicted molar refractivity (Wildman–Crippen MR) is 67.1 cm³/mol. The summed E-state index contributed by atoms with van der Waals surface area (Å²) in [5.74, 6) is -0.677. The van der Waals surface area contributed by atoms with Gasteiger partial charge in [0.05, 0.1) is 11.3 Å². The van der Waals surface area contributed by atoms with Gasteiger partial charge in [-0.3, -0.25) is 4.79 Å². The minimum absolute atomic E-state index is 0.100. The number of benzene rings is 1. The van der Waals surface area contributed by atoms with Crippen molar-refractivity contribution < 1.29 is 14.7 Å². The average molecular weight is 298 g/mol. The van der Waals surface area contributed by atoms with E-state index in [9.17, 15) is 9.59 Å². The lowest BCUT2D eigenvalue weighted by atomic mass is 10.1. The molecular weight excluding hydrogens is 286 g/mol. The van der Waals surface area contributed by atoms with Crippen LogP contribution in [0.1, 0.15) is 29.6 Å². The van der Waals surface area contributed by atoms with Crippen LogP contribution in [-0.2, 0) is 4.79 Å². The highest BCUT2D eigenvalue weighted by Crippen LogP contribution is 2.32. The van der Waals surface area contributed by atoms with Crippen LogP contribution in [0.3, 0.4) is 0 Å². The third kappa shape index (κ3) is 3.30. The summed E-state index contributed by atoms with van der Waals surface area (Å²) >= 11 is 3.21. The Kier molecular flexibility index (Phi) is 3.47. The molecule has 1 amide bonds. The monoisotopic (exact) mass is 297 g/mol. The Morgan fingerprint density at radius 3 is 2.71 bits per heavy atom. The zero-order valence-corrected chi connectivity index (χ0v) is 10.7. The van der Waals surface area contributed by atoms with Crippen LogP contribution < -0.4 is 5.32 Å². The molecule has 2 N–H and O–H groups in total. The number of carboxylic acid groups (broad SMARTS) is 1. The molecule has 2 rings (SSSR count). The Bertz CT molecular complexity index is 469. The van der Waals surface area contributed by atoms with Crippen molar-refractivity contribution in [2.45, 2.75) is 19.3 Å². The zero-order chi connectivity index (χ0) is 12.4. The van der Waals surface area contributed by atoms with Crippen molar-refractivity contribution in [1.82, 2.24) is 0 Å². The van der Waals surface area contributed by atoms with E-state index in [0.717, 1.165) is 12.8 Å². The van der Waals surface area contributed by atoms with Crippen molar-refractivity contribution in [2.24, 2.45) is 5.92 Å². The molecule has 5 heteroatoms. The smallest absolute Gasteiger partial charge is 0.337 e. The van der Waals surface area contributed by atoms with Crippen LogP contribution in [0, 0.1) is 5.92 Å². The van der Waals surface area contributed by atoms with Gasteiger partial charge in [-0.2, -0.15) is 0 Å². The van der Waals surface area contributed by atoms with Crippen LogP contribution in [0.4, 0.5) is 5.69 Å². The van der Waals surface area contributed by atoms with Crippen molar-refractivity contribution in [3.05, 3.63) is 28.2 Å². The summed E-state index contributed by atoms with van der Waals surface area (Å²) in [6.45, 7) is 0. The van der Waals surface area contributed by atoms with E-state index < -0.39 is 5.97 Å². The zero-order valence-electron chi connectivity index (χ0n) is 9.07.